The number of hydrogen-bond donors (Lipinski definition) is 2. The zero-order valence-electron chi connectivity index (χ0n) is 8.44. The minimum atomic E-state index is -3.47. The Morgan fingerprint density at radius 2 is 2.19 bits per heavy atom. The van der Waals surface area contributed by atoms with Gasteiger partial charge in [-0.05, 0) is 17.7 Å². The highest BCUT2D eigenvalue weighted by Gasteiger charge is 2.16. The van der Waals surface area contributed by atoms with E-state index in [0.717, 1.165) is 12.3 Å². The fourth-order valence-corrected chi connectivity index (χ4v) is 2.04. The van der Waals surface area contributed by atoms with E-state index in [-0.39, 0.29) is 5.02 Å². The van der Waals surface area contributed by atoms with Gasteiger partial charge in [0.25, 0.3) is 0 Å². The molecule has 16 heavy (non-hydrogen) atoms. The molecule has 1 aromatic rings. The summed E-state index contributed by atoms with van der Waals surface area (Å²) in [4.78, 5) is 0. The van der Waals surface area contributed by atoms with Gasteiger partial charge in [0.2, 0.25) is 10.0 Å². The van der Waals surface area contributed by atoms with E-state index in [4.69, 9.17) is 16.7 Å². The van der Waals surface area contributed by atoms with Crippen LogP contribution in [0.25, 0.3) is 0 Å². The van der Waals surface area contributed by atoms with Crippen LogP contribution < -0.4 is 4.72 Å². The molecule has 0 aliphatic heterocycles. The maximum absolute atomic E-state index is 13.1. The Morgan fingerprint density at radius 1 is 1.56 bits per heavy atom. The normalized spacial score (nSPS) is 13.8. The molecule has 0 radical (unpaired) electrons. The molecular formula is C9H11ClFNO3S. The first-order chi connectivity index (χ1) is 7.33. The van der Waals surface area contributed by atoms with E-state index in [0.29, 0.717) is 5.56 Å². The third kappa shape index (κ3) is 3.71. The van der Waals surface area contributed by atoms with Crippen molar-refractivity contribution >= 4 is 21.6 Å². The van der Waals surface area contributed by atoms with Crippen LogP contribution in [-0.4, -0.2) is 26.4 Å². The molecule has 7 heteroatoms. The molecular weight excluding hydrogens is 257 g/mol. The van der Waals surface area contributed by atoms with Gasteiger partial charge in [0.1, 0.15) is 5.82 Å². The quantitative estimate of drug-likeness (QED) is 0.857. The fourth-order valence-electron chi connectivity index (χ4n) is 1.20. The number of benzene rings is 1. The Hall–Kier alpha value is -0.690. The Kier molecular flexibility index (Phi) is 4.26. The van der Waals surface area contributed by atoms with Crippen molar-refractivity contribution in [1.82, 2.24) is 4.72 Å². The lowest BCUT2D eigenvalue weighted by Gasteiger charge is -2.15. The number of rotatable bonds is 4. The molecule has 0 heterocycles. The van der Waals surface area contributed by atoms with Crippen molar-refractivity contribution in [2.75, 3.05) is 12.9 Å². The van der Waals surface area contributed by atoms with Crippen LogP contribution in [0.4, 0.5) is 4.39 Å². The van der Waals surface area contributed by atoms with E-state index >= 15 is 0 Å². The molecule has 90 valence electrons. The average molecular weight is 268 g/mol. The molecule has 1 aromatic carbocycles. The van der Waals surface area contributed by atoms with Crippen LogP contribution in [0.2, 0.25) is 5.02 Å². The second kappa shape index (κ2) is 5.09. The third-order valence-electron chi connectivity index (χ3n) is 1.88. The molecule has 0 bridgehead atoms. The van der Waals surface area contributed by atoms with E-state index in [9.17, 15) is 12.8 Å². The van der Waals surface area contributed by atoms with E-state index in [1.54, 1.807) is 0 Å². The van der Waals surface area contributed by atoms with Gasteiger partial charge in [0.15, 0.2) is 0 Å². The summed E-state index contributed by atoms with van der Waals surface area (Å²) in [7, 11) is -3.47. The number of nitrogens with one attached hydrogen (secondary N) is 1. The Balaban J connectivity index is 3.00. The Labute approximate surface area is 98.1 Å². The summed E-state index contributed by atoms with van der Waals surface area (Å²) >= 11 is 5.49. The van der Waals surface area contributed by atoms with Gasteiger partial charge in [0, 0.05) is 0 Å². The number of hydrogen-bond acceptors (Lipinski definition) is 3. The van der Waals surface area contributed by atoms with Crippen molar-refractivity contribution in [2.45, 2.75) is 6.04 Å². The number of aliphatic hydroxyl groups is 1. The largest absolute Gasteiger partial charge is 0.394 e. The van der Waals surface area contributed by atoms with Crippen LogP contribution >= 0.6 is 11.6 Å². The van der Waals surface area contributed by atoms with Crippen molar-refractivity contribution in [3.63, 3.8) is 0 Å². The Bertz CT molecular complexity index is 478. The summed E-state index contributed by atoms with van der Waals surface area (Å²) in [6.07, 6.45) is 0.960. The van der Waals surface area contributed by atoms with Crippen molar-refractivity contribution in [3.05, 3.63) is 34.6 Å². The van der Waals surface area contributed by atoms with Gasteiger partial charge >= 0.3 is 0 Å². The van der Waals surface area contributed by atoms with Gasteiger partial charge in [-0.15, -0.1) is 0 Å². The predicted molar refractivity (Wildman–Crippen MR) is 59.2 cm³/mol. The van der Waals surface area contributed by atoms with Crippen molar-refractivity contribution in [2.24, 2.45) is 0 Å². The van der Waals surface area contributed by atoms with Crippen molar-refractivity contribution in [3.8, 4) is 0 Å². The first kappa shape index (κ1) is 13.4. The van der Waals surface area contributed by atoms with Crippen LogP contribution in [0.1, 0.15) is 11.6 Å². The minimum absolute atomic E-state index is 0.0557. The Morgan fingerprint density at radius 3 is 2.62 bits per heavy atom. The molecule has 0 aliphatic rings. The third-order valence-corrected chi connectivity index (χ3v) is 2.90. The summed E-state index contributed by atoms with van der Waals surface area (Å²) < 4.78 is 37.3. The van der Waals surface area contributed by atoms with Gasteiger partial charge in [-0.3, -0.25) is 0 Å². The van der Waals surface area contributed by atoms with Crippen LogP contribution in [0, 0.1) is 5.82 Å². The molecule has 1 unspecified atom stereocenters. The molecule has 0 aliphatic carbocycles. The van der Waals surface area contributed by atoms with Gasteiger partial charge < -0.3 is 5.11 Å². The first-order valence-corrected chi connectivity index (χ1v) is 6.63. The lowest BCUT2D eigenvalue weighted by atomic mass is 10.1. The molecule has 0 saturated heterocycles. The van der Waals surface area contributed by atoms with Gasteiger partial charge in [0.05, 0.1) is 23.9 Å². The molecule has 1 rings (SSSR count). The first-order valence-electron chi connectivity index (χ1n) is 4.36. The predicted octanol–water partition coefficient (Wildman–Crippen LogP) is 1.06. The lowest BCUT2D eigenvalue weighted by Crippen LogP contribution is -2.29. The smallest absolute Gasteiger partial charge is 0.209 e. The number of halogens is 2. The van der Waals surface area contributed by atoms with Crippen molar-refractivity contribution in [1.29, 1.82) is 0 Å². The highest BCUT2D eigenvalue weighted by Crippen LogP contribution is 2.20. The number of aliphatic hydroxyl groups excluding tert-OH is 1. The maximum atomic E-state index is 13.1. The average Bonchev–Trinajstić information content (AvgIpc) is 2.17. The van der Waals surface area contributed by atoms with Gasteiger partial charge in [-0.1, -0.05) is 17.7 Å². The molecule has 0 spiro atoms. The second-order valence-corrected chi connectivity index (χ2v) is 5.49. The monoisotopic (exact) mass is 267 g/mol. The molecule has 0 fully saturated rings. The highest BCUT2D eigenvalue weighted by molar-refractivity contribution is 7.88. The fraction of sp³-hybridized carbons (Fsp3) is 0.333. The molecule has 2 N–H and O–H groups in total. The van der Waals surface area contributed by atoms with E-state index in [1.807, 2.05) is 0 Å². The molecule has 4 nitrogen and oxygen atoms in total. The highest BCUT2D eigenvalue weighted by atomic mass is 35.5. The van der Waals surface area contributed by atoms with Crippen LogP contribution in [0.5, 0.6) is 0 Å². The standard InChI is InChI=1S/C9H11ClFNO3S/c1-16(14,15)12-9(5-13)6-2-3-7(10)8(11)4-6/h2-4,9,12-13H,5H2,1H3. The molecule has 0 saturated carbocycles. The zero-order valence-corrected chi connectivity index (χ0v) is 10.0. The second-order valence-electron chi connectivity index (χ2n) is 3.30. The van der Waals surface area contributed by atoms with Crippen LogP contribution in [0.15, 0.2) is 18.2 Å². The summed E-state index contributed by atoms with van der Waals surface area (Å²) in [6, 6.07) is 2.96. The van der Waals surface area contributed by atoms with Crippen LogP contribution in [-0.2, 0) is 10.0 Å². The van der Waals surface area contributed by atoms with Crippen LogP contribution in [0.3, 0.4) is 0 Å². The summed E-state index contributed by atoms with van der Waals surface area (Å²) in [5, 5.41) is 8.96. The topological polar surface area (TPSA) is 66.4 Å². The summed E-state index contributed by atoms with van der Waals surface area (Å²) in [5.74, 6) is -0.659. The maximum Gasteiger partial charge on any atom is 0.209 e. The summed E-state index contributed by atoms with van der Waals surface area (Å²) in [6.45, 7) is -0.464. The molecule has 0 aromatic heterocycles. The summed E-state index contributed by atoms with van der Waals surface area (Å²) in [5.41, 5.74) is 0.315. The minimum Gasteiger partial charge on any atom is -0.394 e. The SMILES string of the molecule is CS(=O)(=O)NC(CO)c1ccc(Cl)c(F)c1. The molecule has 1 atom stereocenters. The zero-order chi connectivity index (χ0) is 12.3. The lowest BCUT2D eigenvalue weighted by molar-refractivity contribution is 0.259. The number of sulfonamides is 1. The van der Waals surface area contributed by atoms with E-state index < -0.39 is 28.5 Å². The van der Waals surface area contributed by atoms with E-state index in [2.05, 4.69) is 4.72 Å². The van der Waals surface area contributed by atoms with Gasteiger partial charge in [-0.25, -0.2) is 17.5 Å². The van der Waals surface area contributed by atoms with Gasteiger partial charge in [-0.2, -0.15) is 0 Å². The van der Waals surface area contributed by atoms with Crippen molar-refractivity contribution < 1.29 is 17.9 Å². The van der Waals surface area contributed by atoms with E-state index in [1.165, 1.54) is 12.1 Å². The molecule has 0 amide bonds.